The first-order chi connectivity index (χ1) is 8.20. The van der Waals surface area contributed by atoms with Crippen LogP contribution in [0, 0.1) is 0 Å². The van der Waals surface area contributed by atoms with Gasteiger partial charge >= 0.3 is 0 Å². The van der Waals surface area contributed by atoms with E-state index in [1.807, 2.05) is 44.2 Å². The maximum absolute atomic E-state index is 11.9. The third kappa shape index (κ3) is 2.61. The number of nitrogens with one attached hydrogen (secondary N) is 1. The summed E-state index contributed by atoms with van der Waals surface area (Å²) in [6.45, 7) is 4.03. The molecule has 0 bridgehead atoms. The molecule has 1 aromatic carbocycles. The zero-order valence-electron chi connectivity index (χ0n) is 10.1. The lowest BCUT2D eigenvalue weighted by Gasteiger charge is -2.10. The Bertz CT molecular complexity index is 536. The largest absolute Gasteiger partial charge is 0.348 e. The second kappa shape index (κ2) is 4.95. The number of nitrogens with zero attached hydrogens (tertiary/aromatic N) is 1. The van der Waals surface area contributed by atoms with E-state index in [9.17, 15) is 4.79 Å². The molecular formula is C14H16N2O. The van der Waals surface area contributed by atoms with Gasteiger partial charge < -0.3 is 5.32 Å². The van der Waals surface area contributed by atoms with Gasteiger partial charge in [-0.15, -0.1) is 0 Å². The Balaban J connectivity index is 2.27. The van der Waals surface area contributed by atoms with Gasteiger partial charge in [0.1, 0.15) is 5.69 Å². The summed E-state index contributed by atoms with van der Waals surface area (Å²) < 4.78 is 0. The number of amides is 1. The first kappa shape index (κ1) is 11.6. The van der Waals surface area contributed by atoms with E-state index in [2.05, 4.69) is 10.3 Å². The molecule has 0 saturated heterocycles. The van der Waals surface area contributed by atoms with Crippen LogP contribution in [0.4, 0.5) is 0 Å². The van der Waals surface area contributed by atoms with Crippen LogP contribution in [0.25, 0.3) is 10.8 Å². The molecule has 0 radical (unpaired) electrons. The molecule has 88 valence electrons. The van der Waals surface area contributed by atoms with Crippen molar-refractivity contribution >= 4 is 16.7 Å². The minimum atomic E-state index is -0.106. The standard InChI is InChI=1S/C14H16N2O/c1-3-10(2)16-14(17)13-8-11-6-4-5-7-12(11)9-15-13/h4-10H,3H2,1-2H3,(H,16,17). The van der Waals surface area contributed by atoms with E-state index in [0.717, 1.165) is 17.2 Å². The summed E-state index contributed by atoms with van der Waals surface area (Å²) in [6, 6.07) is 9.89. The zero-order valence-corrected chi connectivity index (χ0v) is 10.1. The molecule has 1 unspecified atom stereocenters. The fourth-order valence-electron chi connectivity index (χ4n) is 1.61. The lowest BCUT2D eigenvalue weighted by atomic mass is 10.1. The number of hydrogen-bond acceptors (Lipinski definition) is 2. The van der Waals surface area contributed by atoms with Crippen LogP contribution in [0.1, 0.15) is 30.8 Å². The van der Waals surface area contributed by atoms with Crippen LogP contribution in [0.15, 0.2) is 36.5 Å². The maximum Gasteiger partial charge on any atom is 0.270 e. The highest BCUT2D eigenvalue weighted by Crippen LogP contribution is 2.13. The first-order valence-corrected chi connectivity index (χ1v) is 5.86. The van der Waals surface area contributed by atoms with E-state index < -0.39 is 0 Å². The Morgan fingerprint density at radius 2 is 2.06 bits per heavy atom. The van der Waals surface area contributed by atoms with E-state index in [-0.39, 0.29) is 11.9 Å². The van der Waals surface area contributed by atoms with E-state index in [1.54, 1.807) is 6.20 Å². The number of hydrogen-bond donors (Lipinski definition) is 1. The van der Waals surface area contributed by atoms with Gasteiger partial charge in [-0.3, -0.25) is 9.78 Å². The highest BCUT2D eigenvalue weighted by Gasteiger charge is 2.09. The molecule has 0 spiro atoms. The van der Waals surface area contributed by atoms with Gasteiger partial charge in [-0.2, -0.15) is 0 Å². The number of rotatable bonds is 3. The average Bonchev–Trinajstić information content (AvgIpc) is 2.38. The van der Waals surface area contributed by atoms with Gasteiger partial charge in [0.2, 0.25) is 0 Å². The molecule has 1 aromatic heterocycles. The minimum Gasteiger partial charge on any atom is -0.348 e. The van der Waals surface area contributed by atoms with Gasteiger partial charge in [0, 0.05) is 17.6 Å². The van der Waals surface area contributed by atoms with Gasteiger partial charge in [0.05, 0.1) is 0 Å². The SMILES string of the molecule is CCC(C)NC(=O)c1cc2ccccc2cn1. The van der Waals surface area contributed by atoms with Crippen molar-refractivity contribution in [2.24, 2.45) is 0 Å². The highest BCUT2D eigenvalue weighted by atomic mass is 16.1. The predicted octanol–water partition coefficient (Wildman–Crippen LogP) is 2.76. The molecule has 1 atom stereocenters. The molecular weight excluding hydrogens is 212 g/mol. The van der Waals surface area contributed by atoms with Gasteiger partial charge in [0.15, 0.2) is 0 Å². The quantitative estimate of drug-likeness (QED) is 0.877. The Morgan fingerprint density at radius 3 is 2.76 bits per heavy atom. The molecule has 2 aromatic rings. The number of benzene rings is 1. The van der Waals surface area contributed by atoms with Gasteiger partial charge in [-0.25, -0.2) is 0 Å². The second-order valence-electron chi connectivity index (χ2n) is 4.20. The van der Waals surface area contributed by atoms with Crippen molar-refractivity contribution in [1.29, 1.82) is 0 Å². The smallest absolute Gasteiger partial charge is 0.270 e. The molecule has 3 nitrogen and oxygen atoms in total. The third-order valence-corrected chi connectivity index (χ3v) is 2.85. The second-order valence-corrected chi connectivity index (χ2v) is 4.20. The molecule has 0 aliphatic rings. The zero-order chi connectivity index (χ0) is 12.3. The number of aromatic nitrogens is 1. The summed E-state index contributed by atoms with van der Waals surface area (Å²) in [5.41, 5.74) is 0.476. The molecule has 3 heteroatoms. The Hall–Kier alpha value is -1.90. The van der Waals surface area contributed by atoms with Crippen molar-refractivity contribution in [3.63, 3.8) is 0 Å². The lowest BCUT2D eigenvalue weighted by molar-refractivity contribution is 0.0934. The minimum absolute atomic E-state index is 0.106. The molecule has 0 aliphatic carbocycles. The summed E-state index contributed by atoms with van der Waals surface area (Å²) >= 11 is 0. The lowest BCUT2D eigenvalue weighted by Crippen LogP contribution is -2.32. The Kier molecular flexibility index (Phi) is 3.38. The number of pyridine rings is 1. The van der Waals surface area contributed by atoms with Crippen LogP contribution >= 0.6 is 0 Å². The molecule has 17 heavy (non-hydrogen) atoms. The van der Waals surface area contributed by atoms with Crippen molar-refractivity contribution in [3.05, 3.63) is 42.2 Å². The third-order valence-electron chi connectivity index (χ3n) is 2.85. The molecule has 1 heterocycles. The molecule has 1 amide bonds. The Labute approximate surface area is 101 Å². The van der Waals surface area contributed by atoms with Crippen molar-refractivity contribution < 1.29 is 4.79 Å². The van der Waals surface area contributed by atoms with E-state index in [1.165, 1.54) is 0 Å². The summed E-state index contributed by atoms with van der Waals surface area (Å²) in [6.07, 6.45) is 2.65. The highest BCUT2D eigenvalue weighted by molar-refractivity contribution is 5.96. The van der Waals surface area contributed by atoms with Crippen LogP contribution < -0.4 is 5.32 Å². The van der Waals surface area contributed by atoms with Crippen molar-refractivity contribution in [2.45, 2.75) is 26.3 Å². The van der Waals surface area contributed by atoms with Crippen LogP contribution in [0.5, 0.6) is 0 Å². The van der Waals surface area contributed by atoms with Gasteiger partial charge in [-0.1, -0.05) is 31.2 Å². The molecule has 1 N–H and O–H groups in total. The fraction of sp³-hybridized carbons (Fsp3) is 0.286. The molecule has 0 saturated carbocycles. The van der Waals surface area contributed by atoms with Crippen LogP contribution in [-0.2, 0) is 0 Å². The van der Waals surface area contributed by atoms with Gasteiger partial charge in [-0.05, 0) is 24.8 Å². The van der Waals surface area contributed by atoms with Crippen LogP contribution in [-0.4, -0.2) is 16.9 Å². The summed E-state index contributed by atoms with van der Waals surface area (Å²) in [4.78, 5) is 16.1. The van der Waals surface area contributed by atoms with E-state index in [0.29, 0.717) is 5.69 Å². The fourth-order valence-corrected chi connectivity index (χ4v) is 1.61. The summed E-state index contributed by atoms with van der Waals surface area (Å²) in [5, 5.41) is 5.00. The number of carbonyl (C=O) groups is 1. The van der Waals surface area contributed by atoms with Crippen molar-refractivity contribution in [3.8, 4) is 0 Å². The summed E-state index contributed by atoms with van der Waals surface area (Å²) in [5.74, 6) is -0.106. The first-order valence-electron chi connectivity index (χ1n) is 5.86. The van der Waals surface area contributed by atoms with E-state index >= 15 is 0 Å². The van der Waals surface area contributed by atoms with Crippen molar-refractivity contribution in [2.75, 3.05) is 0 Å². The topological polar surface area (TPSA) is 42.0 Å². The molecule has 0 fully saturated rings. The van der Waals surface area contributed by atoms with Crippen molar-refractivity contribution in [1.82, 2.24) is 10.3 Å². The average molecular weight is 228 g/mol. The van der Waals surface area contributed by atoms with E-state index in [4.69, 9.17) is 0 Å². The Morgan fingerprint density at radius 1 is 1.35 bits per heavy atom. The normalized spacial score (nSPS) is 12.4. The molecule has 2 rings (SSSR count). The van der Waals surface area contributed by atoms with Crippen LogP contribution in [0.2, 0.25) is 0 Å². The monoisotopic (exact) mass is 228 g/mol. The number of fused-ring (bicyclic) bond motifs is 1. The predicted molar refractivity (Wildman–Crippen MR) is 69.0 cm³/mol. The van der Waals surface area contributed by atoms with Crippen LogP contribution in [0.3, 0.4) is 0 Å². The molecule has 0 aliphatic heterocycles. The van der Waals surface area contributed by atoms with Gasteiger partial charge in [0.25, 0.3) is 5.91 Å². The number of carbonyl (C=O) groups excluding carboxylic acids is 1. The summed E-state index contributed by atoms with van der Waals surface area (Å²) in [7, 11) is 0. The maximum atomic E-state index is 11.9.